The van der Waals surface area contributed by atoms with Crippen molar-refractivity contribution in [3.8, 4) is 17.2 Å². The molecule has 1 saturated heterocycles. The average molecular weight is 426 g/mol. The number of piperazine rings is 1. The molecule has 1 atom stereocenters. The highest BCUT2D eigenvalue weighted by Gasteiger charge is 2.21. The molecule has 31 heavy (non-hydrogen) atoms. The van der Waals surface area contributed by atoms with Crippen molar-refractivity contribution in [1.29, 1.82) is 0 Å². The molecule has 2 heterocycles. The number of hydrogen-bond donors (Lipinski definition) is 1. The monoisotopic (exact) mass is 425 g/mol. The summed E-state index contributed by atoms with van der Waals surface area (Å²) >= 11 is 0. The molecule has 0 aromatic heterocycles. The second kappa shape index (κ2) is 10.0. The molecule has 2 aliphatic rings. The summed E-state index contributed by atoms with van der Waals surface area (Å²) in [4.78, 5) is 17.2. The Labute approximate surface area is 183 Å². The van der Waals surface area contributed by atoms with E-state index in [1.807, 2.05) is 37.3 Å². The molecule has 2 aromatic rings. The third kappa shape index (κ3) is 5.68. The van der Waals surface area contributed by atoms with Gasteiger partial charge in [-0.1, -0.05) is 18.2 Å². The summed E-state index contributed by atoms with van der Waals surface area (Å²) in [5.41, 5.74) is 2.29. The number of carbonyl (C=O) groups is 1. The standard InChI is InChI=1S/C24H31N3O4/c1-18(20-5-8-22-23(15-20)31-14-13-30-22)25-24(28)17-27-11-9-26(10-12-27)16-19-3-6-21(29-2)7-4-19/h3-8,15,18H,9-14,16-17H2,1-2H3,(H,25,28)/t18-/m0/s1. The largest absolute Gasteiger partial charge is 0.497 e. The number of rotatable bonds is 7. The number of nitrogens with one attached hydrogen (secondary N) is 1. The van der Waals surface area contributed by atoms with E-state index in [0.717, 1.165) is 55.5 Å². The average Bonchev–Trinajstić information content (AvgIpc) is 2.80. The van der Waals surface area contributed by atoms with Crippen LogP contribution in [-0.2, 0) is 11.3 Å². The number of ether oxygens (including phenoxy) is 3. The lowest BCUT2D eigenvalue weighted by molar-refractivity contribution is -0.123. The molecule has 1 fully saturated rings. The first-order valence-corrected chi connectivity index (χ1v) is 10.9. The summed E-state index contributed by atoms with van der Waals surface area (Å²) in [6, 6.07) is 14.0. The molecule has 7 heteroatoms. The molecule has 0 spiro atoms. The normalized spacial score (nSPS) is 17.7. The van der Waals surface area contributed by atoms with Gasteiger partial charge in [-0.2, -0.15) is 0 Å². The third-order valence-electron chi connectivity index (χ3n) is 5.84. The van der Waals surface area contributed by atoms with Crippen molar-refractivity contribution in [3.63, 3.8) is 0 Å². The minimum absolute atomic E-state index is 0.0472. The molecule has 4 rings (SSSR count). The highest BCUT2D eigenvalue weighted by atomic mass is 16.6. The fourth-order valence-corrected chi connectivity index (χ4v) is 4.00. The molecule has 2 aliphatic heterocycles. The second-order valence-electron chi connectivity index (χ2n) is 8.09. The minimum atomic E-state index is -0.0836. The number of amides is 1. The van der Waals surface area contributed by atoms with Crippen LogP contribution in [-0.4, -0.2) is 68.8 Å². The zero-order chi connectivity index (χ0) is 21.6. The summed E-state index contributed by atoms with van der Waals surface area (Å²) in [7, 11) is 1.68. The van der Waals surface area contributed by atoms with Gasteiger partial charge in [0, 0.05) is 32.7 Å². The molecular formula is C24H31N3O4. The van der Waals surface area contributed by atoms with E-state index in [1.165, 1.54) is 5.56 Å². The molecule has 2 aromatic carbocycles. The van der Waals surface area contributed by atoms with Gasteiger partial charge < -0.3 is 19.5 Å². The maximum Gasteiger partial charge on any atom is 0.234 e. The molecule has 0 unspecified atom stereocenters. The van der Waals surface area contributed by atoms with Crippen LogP contribution in [0.4, 0.5) is 0 Å². The van der Waals surface area contributed by atoms with Gasteiger partial charge in [0.2, 0.25) is 5.91 Å². The van der Waals surface area contributed by atoms with Gasteiger partial charge in [0.25, 0.3) is 0 Å². The summed E-state index contributed by atoms with van der Waals surface area (Å²) in [6.45, 7) is 8.16. The summed E-state index contributed by atoms with van der Waals surface area (Å²) in [5, 5.41) is 3.11. The first kappa shape index (κ1) is 21.5. The lowest BCUT2D eigenvalue weighted by Gasteiger charge is -2.34. The van der Waals surface area contributed by atoms with Gasteiger partial charge >= 0.3 is 0 Å². The number of nitrogens with zero attached hydrogens (tertiary/aromatic N) is 2. The third-order valence-corrected chi connectivity index (χ3v) is 5.84. The van der Waals surface area contributed by atoms with Crippen LogP contribution in [0.25, 0.3) is 0 Å². The SMILES string of the molecule is COc1ccc(CN2CCN(CC(=O)N[C@@H](C)c3ccc4c(c3)OCCO4)CC2)cc1. The van der Waals surface area contributed by atoms with Crippen LogP contribution in [0.3, 0.4) is 0 Å². The van der Waals surface area contributed by atoms with Crippen molar-refractivity contribution in [2.45, 2.75) is 19.5 Å². The fraction of sp³-hybridized carbons (Fsp3) is 0.458. The fourth-order valence-electron chi connectivity index (χ4n) is 4.00. The zero-order valence-electron chi connectivity index (χ0n) is 18.3. The zero-order valence-corrected chi connectivity index (χ0v) is 18.3. The highest BCUT2D eigenvalue weighted by molar-refractivity contribution is 5.78. The molecule has 166 valence electrons. The molecule has 0 saturated carbocycles. The van der Waals surface area contributed by atoms with Crippen LogP contribution in [0.1, 0.15) is 24.1 Å². The molecule has 0 radical (unpaired) electrons. The summed E-state index contributed by atoms with van der Waals surface area (Å²) in [5.74, 6) is 2.44. The van der Waals surface area contributed by atoms with Gasteiger partial charge in [0.1, 0.15) is 19.0 Å². The molecule has 1 N–H and O–H groups in total. The van der Waals surface area contributed by atoms with E-state index >= 15 is 0 Å². The Morgan fingerprint density at radius 1 is 1.00 bits per heavy atom. The number of carbonyl (C=O) groups excluding carboxylic acids is 1. The van der Waals surface area contributed by atoms with Crippen molar-refractivity contribution in [2.24, 2.45) is 0 Å². The van der Waals surface area contributed by atoms with Crippen molar-refractivity contribution in [1.82, 2.24) is 15.1 Å². The highest BCUT2D eigenvalue weighted by Crippen LogP contribution is 2.32. The second-order valence-corrected chi connectivity index (χ2v) is 8.09. The summed E-state index contributed by atoms with van der Waals surface area (Å²) < 4.78 is 16.4. The van der Waals surface area contributed by atoms with Crippen LogP contribution in [0.2, 0.25) is 0 Å². The van der Waals surface area contributed by atoms with Crippen LogP contribution < -0.4 is 19.5 Å². The van der Waals surface area contributed by atoms with E-state index in [0.29, 0.717) is 19.8 Å². The van der Waals surface area contributed by atoms with Gasteiger partial charge in [-0.3, -0.25) is 14.6 Å². The van der Waals surface area contributed by atoms with Gasteiger partial charge in [-0.05, 0) is 42.3 Å². The lowest BCUT2D eigenvalue weighted by Crippen LogP contribution is -2.49. The first-order chi connectivity index (χ1) is 15.1. The van der Waals surface area contributed by atoms with E-state index in [2.05, 4.69) is 27.2 Å². The van der Waals surface area contributed by atoms with Crippen molar-refractivity contribution in [3.05, 3.63) is 53.6 Å². The number of hydrogen-bond acceptors (Lipinski definition) is 6. The minimum Gasteiger partial charge on any atom is -0.497 e. The molecule has 0 bridgehead atoms. The Morgan fingerprint density at radius 2 is 1.68 bits per heavy atom. The maximum atomic E-state index is 12.6. The van der Waals surface area contributed by atoms with Crippen LogP contribution >= 0.6 is 0 Å². The lowest BCUT2D eigenvalue weighted by atomic mass is 10.1. The molecular weight excluding hydrogens is 394 g/mol. The van der Waals surface area contributed by atoms with Gasteiger partial charge in [-0.25, -0.2) is 0 Å². The maximum absolute atomic E-state index is 12.6. The number of benzene rings is 2. The van der Waals surface area contributed by atoms with Crippen LogP contribution in [0.5, 0.6) is 17.2 Å². The van der Waals surface area contributed by atoms with Gasteiger partial charge in [0.05, 0.1) is 19.7 Å². The van der Waals surface area contributed by atoms with Crippen molar-refractivity contribution >= 4 is 5.91 Å². The Morgan fingerprint density at radius 3 is 2.39 bits per heavy atom. The van der Waals surface area contributed by atoms with E-state index in [9.17, 15) is 4.79 Å². The van der Waals surface area contributed by atoms with E-state index < -0.39 is 0 Å². The van der Waals surface area contributed by atoms with Crippen LogP contribution in [0.15, 0.2) is 42.5 Å². The Bertz CT molecular complexity index is 879. The predicted octanol–water partition coefficient (Wildman–Crippen LogP) is 2.46. The topological polar surface area (TPSA) is 63.3 Å². The Kier molecular flexibility index (Phi) is 6.94. The number of methoxy groups -OCH3 is 1. The molecule has 1 amide bonds. The van der Waals surface area contributed by atoms with E-state index in [-0.39, 0.29) is 11.9 Å². The van der Waals surface area contributed by atoms with Gasteiger partial charge in [-0.15, -0.1) is 0 Å². The molecule has 0 aliphatic carbocycles. The summed E-state index contributed by atoms with van der Waals surface area (Å²) in [6.07, 6.45) is 0. The number of fused-ring (bicyclic) bond motifs is 1. The van der Waals surface area contributed by atoms with Crippen LogP contribution in [0, 0.1) is 0 Å². The Hall–Kier alpha value is -2.77. The van der Waals surface area contributed by atoms with Crippen molar-refractivity contribution in [2.75, 3.05) is 53.0 Å². The Balaban J connectivity index is 1.21. The van der Waals surface area contributed by atoms with E-state index in [1.54, 1.807) is 7.11 Å². The smallest absolute Gasteiger partial charge is 0.234 e. The quantitative estimate of drug-likeness (QED) is 0.735. The van der Waals surface area contributed by atoms with Gasteiger partial charge in [0.15, 0.2) is 11.5 Å². The predicted molar refractivity (Wildman–Crippen MR) is 119 cm³/mol. The first-order valence-electron chi connectivity index (χ1n) is 10.9. The van der Waals surface area contributed by atoms with Crippen molar-refractivity contribution < 1.29 is 19.0 Å². The molecule has 7 nitrogen and oxygen atoms in total. The van der Waals surface area contributed by atoms with E-state index in [4.69, 9.17) is 14.2 Å².